The number of carbonyl (C=O) groups excluding carboxylic acids is 1. The van der Waals surface area contributed by atoms with Crippen molar-refractivity contribution >= 4 is 5.91 Å². The van der Waals surface area contributed by atoms with Gasteiger partial charge in [0.1, 0.15) is 0 Å². The van der Waals surface area contributed by atoms with Crippen LogP contribution in [0.15, 0.2) is 41.3 Å². The zero-order chi connectivity index (χ0) is 19.4. The third kappa shape index (κ3) is 4.00. The van der Waals surface area contributed by atoms with Gasteiger partial charge < -0.3 is 19.3 Å². The lowest BCUT2D eigenvalue weighted by molar-refractivity contribution is -0.0360. The summed E-state index contributed by atoms with van der Waals surface area (Å²) in [4.78, 5) is 17.0. The molecule has 152 valence electrons. The number of aryl methyl sites for hydroxylation is 1. The molecule has 0 bridgehead atoms. The number of nitrogens with zero attached hydrogens (tertiary/aromatic N) is 4. The summed E-state index contributed by atoms with van der Waals surface area (Å²) in [5.74, 6) is 0.473. The van der Waals surface area contributed by atoms with Gasteiger partial charge in [0.15, 0.2) is 5.76 Å². The second-order valence-electron chi connectivity index (χ2n) is 8.18. The number of amides is 1. The van der Waals surface area contributed by atoms with Crippen molar-refractivity contribution in [1.82, 2.24) is 19.6 Å². The molecule has 2 saturated heterocycles. The van der Waals surface area contributed by atoms with Gasteiger partial charge in [0, 0.05) is 44.6 Å². The summed E-state index contributed by atoms with van der Waals surface area (Å²) in [6.07, 6.45) is 9.63. The second kappa shape index (κ2) is 8.49. The highest BCUT2D eigenvalue weighted by molar-refractivity contribution is 5.91. The Hall–Kier alpha value is -2.12. The molecule has 0 aromatic carbocycles. The number of piperidine rings is 2. The van der Waals surface area contributed by atoms with E-state index in [2.05, 4.69) is 10.00 Å². The van der Waals surface area contributed by atoms with Gasteiger partial charge in [0.25, 0.3) is 5.91 Å². The molecule has 0 aliphatic carbocycles. The van der Waals surface area contributed by atoms with Gasteiger partial charge in [0.2, 0.25) is 0 Å². The first-order chi connectivity index (χ1) is 13.7. The van der Waals surface area contributed by atoms with E-state index in [0.29, 0.717) is 12.3 Å². The summed E-state index contributed by atoms with van der Waals surface area (Å²) < 4.78 is 7.25. The molecular formula is C21H30N4O3. The standard InChI is InChI=1S/C21H30N4O3/c26-17-18-16-24(20(27)19-4-1-15-28-19)14-7-21(18)5-12-23(13-6-21)9-3-11-25-10-2-8-22-25/h1-2,4,8,10,15,18,26H,3,5-7,9,11-14,16-17H2. The number of aromatic nitrogens is 2. The third-order valence-electron chi connectivity index (χ3n) is 6.70. The van der Waals surface area contributed by atoms with Crippen molar-refractivity contribution in [3.8, 4) is 0 Å². The van der Waals surface area contributed by atoms with Crippen LogP contribution in [0.1, 0.15) is 36.2 Å². The van der Waals surface area contributed by atoms with Gasteiger partial charge in [0.05, 0.1) is 6.26 Å². The van der Waals surface area contributed by atoms with Crippen molar-refractivity contribution in [3.63, 3.8) is 0 Å². The zero-order valence-electron chi connectivity index (χ0n) is 16.4. The van der Waals surface area contributed by atoms with Crippen molar-refractivity contribution in [2.45, 2.75) is 32.2 Å². The Balaban J connectivity index is 1.28. The van der Waals surface area contributed by atoms with E-state index in [0.717, 1.165) is 58.4 Å². The molecule has 2 aliphatic heterocycles. The van der Waals surface area contributed by atoms with E-state index in [1.165, 1.54) is 6.26 Å². The van der Waals surface area contributed by atoms with Gasteiger partial charge in [-0.25, -0.2) is 0 Å². The molecule has 1 amide bonds. The number of rotatable bonds is 6. The number of aliphatic hydroxyl groups is 1. The zero-order valence-corrected chi connectivity index (χ0v) is 16.4. The van der Waals surface area contributed by atoms with Gasteiger partial charge in [-0.2, -0.15) is 5.10 Å². The topological polar surface area (TPSA) is 74.7 Å². The van der Waals surface area contributed by atoms with Gasteiger partial charge in [-0.05, 0) is 68.9 Å². The molecule has 2 fully saturated rings. The lowest BCUT2D eigenvalue weighted by Crippen LogP contribution is -2.54. The highest BCUT2D eigenvalue weighted by Crippen LogP contribution is 2.45. The minimum Gasteiger partial charge on any atom is -0.459 e. The predicted octanol–water partition coefficient (Wildman–Crippen LogP) is 2.10. The van der Waals surface area contributed by atoms with Crippen LogP contribution in [-0.2, 0) is 6.54 Å². The lowest BCUT2D eigenvalue weighted by Gasteiger charge is -2.51. The van der Waals surface area contributed by atoms with E-state index in [4.69, 9.17) is 4.42 Å². The Morgan fingerprint density at radius 2 is 2.04 bits per heavy atom. The van der Waals surface area contributed by atoms with Crippen LogP contribution < -0.4 is 0 Å². The van der Waals surface area contributed by atoms with Crippen molar-refractivity contribution in [2.75, 3.05) is 39.3 Å². The summed E-state index contributed by atoms with van der Waals surface area (Å²) in [6.45, 7) is 5.69. The number of aliphatic hydroxyl groups excluding tert-OH is 1. The minimum atomic E-state index is -0.0608. The van der Waals surface area contributed by atoms with Gasteiger partial charge in [-0.15, -0.1) is 0 Å². The largest absolute Gasteiger partial charge is 0.459 e. The van der Waals surface area contributed by atoms with E-state index in [-0.39, 0.29) is 23.8 Å². The molecule has 7 nitrogen and oxygen atoms in total. The van der Waals surface area contributed by atoms with E-state index in [1.54, 1.807) is 12.1 Å². The molecule has 2 aliphatic rings. The van der Waals surface area contributed by atoms with Crippen LogP contribution >= 0.6 is 0 Å². The van der Waals surface area contributed by atoms with Gasteiger partial charge in [-0.1, -0.05) is 0 Å². The van der Waals surface area contributed by atoms with Crippen molar-refractivity contribution in [1.29, 1.82) is 0 Å². The van der Waals surface area contributed by atoms with Crippen LogP contribution in [0.3, 0.4) is 0 Å². The average Bonchev–Trinajstić information content (AvgIpc) is 3.44. The number of hydrogen-bond donors (Lipinski definition) is 1. The molecule has 1 atom stereocenters. The van der Waals surface area contributed by atoms with Crippen LogP contribution in [0, 0.1) is 11.3 Å². The summed E-state index contributed by atoms with van der Waals surface area (Å²) in [7, 11) is 0. The quantitative estimate of drug-likeness (QED) is 0.823. The molecule has 4 heterocycles. The molecule has 7 heteroatoms. The third-order valence-corrected chi connectivity index (χ3v) is 6.70. The van der Waals surface area contributed by atoms with E-state index >= 15 is 0 Å². The number of furan rings is 1. The summed E-state index contributed by atoms with van der Waals surface area (Å²) >= 11 is 0. The fourth-order valence-corrected chi connectivity index (χ4v) is 4.87. The highest BCUT2D eigenvalue weighted by atomic mass is 16.3. The second-order valence-corrected chi connectivity index (χ2v) is 8.18. The summed E-state index contributed by atoms with van der Waals surface area (Å²) in [6, 6.07) is 5.41. The molecular weight excluding hydrogens is 356 g/mol. The number of hydrogen-bond acceptors (Lipinski definition) is 5. The predicted molar refractivity (Wildman–Crippen MR) is 105 cm³/mol. The van der Waals surface area contributed by atoms with Crippen LogP contribution in [0.5, 0.6) is 0 Å². The molecule has 28 heavy (non-hydrogen) atoms. The summed E-state index contributed by atoms with van der Waals surface area (Å²) in [5.41, 5.74) is 0.160. The Labute approximate surface area is 165 Å². The van der Waals surface area contributed by atoms with Crippen molar-refractivity contribution in [3.05, 3.63) is 42.6 Å². The van der Waals surface area contributed by atoms with Crippen molar-refractivity contribution in [2.24, 2.45) is 11.3 Å². The molecule has 2 aromatic heterocycles. The maximum atomic E-state index is 12.6. The average molecular weight is 386 g/mol. The fraction of sp³-hybridized carbons (Fsp3) is 0.619. The smallest absolute Gasteiger partial charge is 0.289 e. The Morgan fingerprint density at radius 1 is 1.21 bits per heavy atom. The maximum Gasteiger partial charge on any atom is 0.289 e. The van der Waals surface area contributed by atoms with Gasteiger partial charge in [-0.3, -0.25) is 9.48 Å². The van der Waals surface area contributed by atoms with Crippen LogP contribution in [0.2, 0.25) is 0 Å². The van der Waals surface area contributed by atoms with E-state index in [9.17, 15) is 9.90 Å². The molecule has 4 rings (SSSR count). The first-order valence-corrected chi connectivity index (χ1v) is 10.3. The van der Waals surface area contributed by atoms with Crippen molar-refractivity contribution < 1.29 is 14.3 Å². The normalized spacial score (nSPS) is 22.6. The molecule has 1 N–H and O–H groups in total. The lowest BCUT2D eigenvalue weighted by atomic mass is 9.64. The number of carbonyl (C=O) groups is 1. The fourth-order valence-electron chi connectivity index (χ4n) is 4.87. The molecule has 0 radical (unpaired) electrons. The van der Waals surface area contributed by atoms with Crippen LogP contribution in [0.4, 0.5) is 0 Å². The minimum absolute atomic E-state index is 0.0608. The Morgan fingerprint density at radius 3 is 2.71 bits per heavy atom. The molecule has 1 spiro atoms. The first kappa shape index (κ1) is 19.2. The van der Waals surface area contributed by atoms with Gasteiger partial charge >= 0.3 is 0 Å². The van der Waals surface area contributed by atoms with E-state index in [1.807, 2.05) is 28.0 Å². The number of likely N-dealkylation sites (tertiary alicyclic amines) is 2. The highest BCUT2D eigenvalue weighted by Gasteiger charge is 2.45. The van der Waals surface area contributed by atoms with Crippen LogP contribution in [-0.4, -0.2) is 69.9 Å². The van der Waals surface area contributed by atoms with E-state index < -0.39 is 0 Å². The first-order valence-electron chi connectivity index (χ1n) is 10.3. The summed E-state index contributed by atoms with van der Waals surface area (Å²) in [5, 5.41) is 14.3. The molecule has 2 aromatic rings. The molecule has 0 saturated carbocycles. The SMILES string of the molecule is O=C(c1ccco1)N1CCC2(CCN(CCCn3cccn3)CC2)C(CO)C1. The van der Waals surface area contributed by atoms with Crippen LogP contribution in [0.25, 0.3) is 0 Å². The monoisotopic (exact) mass is 386 g/mol. The Kier molecular flexibility index (Phi) is 5.82. The Bertz CT molecular complexity index is 736. The molecule has 1 unspecified atom stereocenters. The maximum absolute atomic E-state index is 12.6.